The topological polar surface area (TPSA) is 140 Å². The van der Waals surface area contributed by atoms with Crippen molar-refractivity contribution in [3.63, 3.8) is 0 Å². The first-order chi connectivity index (χ1) is 10.8. The molecule has 1 heterocycles. The van der Waals surface area contributed by atoms with Gasteiger partial charge in [0.15, 0.2) is 0 Å². The Morgan fingerprint density at radius 1 is 1.39 bits per heavy atom. The molecule has 0 aliphatic carbocycles. The normalized spacial score (nSPS) is 20.9. The van der Waals surface area contributed by atoms with Crippen molar-refractivity contribution in [2.24, 2.45) is 11.7 Å². The van der Waals surface area contributed by atoms with Crippen molar-refractivity contribution < 1.29 is 23.9 Å². The monoisotopic (exact) mass is 346 g/mol. The molecule has 0 radical (unpaired) electrons. The molecule has 1 aliphatic rings. The number of carbonyl (C=O) groups excluding carboxylic acids is 4. The third-order valence-electron chi connectivity index (χ3n) is 3.48. The highest BCUT2D eigenvalue weighted by Gasteiger charge is 2.32. The van der Waals surface area contributed by atoms with Gasteiger partial charge in [-0.25, -0.2) is 4.79 Å². The lowest BCUT2D eigenvalue weighted by atomic mass is 9.98. The summed E-state index contributed by atoms with van der Waals surface area (Å²) in [5.41, 5.74) is 5.41. The lowest BCUT2D eigenvalue weighted by Gasteiger charge is -2.21. The maximum atomic E-state index is 12.1. The summed E-state index contributed by atoms with van der Waals surface area (Å²) in [7, 11) is 3.36. The highest BCUT2D eigenvalue weighted by atomic mass is 31.0. The molecule has 9 nitrogen and oxygen atoms in total. The van der Waals surface area contributed by atoms with Crippen LogP contribution in [0, 0.1) is 5.92 Å². The van der Waals surface area contributed by atoms with Crippen molar-refractivity contribution in [2.45, 2.75) is 37.6 Å². The van der Waals surface area contributed by atoms with Crippen molar-refractivity contribution in [1.29, 1.82) is 0 Å². The molecular weight excluding hydrogens is 323 g/mol. The molecule has 0 aromatic rings. The molecule has 130 valence electrons. The van der Waals surface area contributed by atoms with Gasteiger partial charge >= 0.3 is 5.97 Å². The van der Waals surface area contributed by atoms with Crippen molar-refractivity contribution >= 4 is 32.9 Å². The lowest BCUT2D eigenvalue weighted by molar-refractivity contribution is -0.145. The SMILES string of the molecule is COC(=O)[C@H](C[C@@H]1CCNC1=O)NC(=O)[C@H](P)NC(=O)[C@H](C)N. The van der Waals surface area contributed by atoms with Crippen LogP contribution in [0.1, 0.15) is 19.8 Å². The van der Waals surface area contributed by atoms with E-state index in [-0.39, 0.29) is 18.2 Å². The van der Waals surface area contributed by atoms with Crippen LogP contribution in [-0.2, 0) is 23.9 Å². The van der Waals surface area contributed by atoms with Crippen molar-refractivity contribution in [3.05, 3.63) is 0 Å². The first-order valence-electron chi connectivity index (χ1n) is 7.23. The molecule has 1 unspecified atom stereocenters. The van der Waals surface area contributed by atoms with Gasteiger partial charge in [-0.3, -0.25) is 14.4 Å². The van der Waals surface area contributed by atoms with Gasteiger partial charge in [-0.1, -0.05) is 0 Å². The van der Waals surface area contributed by atoms with Crippen LogP contribution in [0.2, 0.25) is 0 Å². The third kappa shape index (κ3) is 5.76. The second-order valence-electron chi connectivity index (χ2n) is 5.37. The predicted octanol–water partition coefficient (Wildman–Crippen LogP) is -2.16. The number of methoxy groups -OCH3 is 1. The minimum Gasteiger partial charge on any atom is -0.467 e. The van der Waals surface area contributed by atoms with Gasteiger partial charge < -0.3 is 26.4 Å². The van der Waals surface area contributed by atoms with Crippen LogP contribution in [0.3, 0.4) is 0 Å². The van der Waals surface area contributed by atoms with Gasteiger partial charge in [-0.05, 0) is 19.8 Å². The molecule has 1 fully saturated rings. The van der Waals surface area contributed by atoms with E-state index in [1.807, 2.05) is 0 Å². The molecule has 0 saturated carbocycles. The minimum atomic E-state index is -0.961. The number of nitrogens with two attached hydrogens (primary N) is 1. The average Bonchev–Trinajstić information content (AvgIpc) is 2.90. The smallest absolute Gasteiger partial charge is 0.328 e. The van der Waals surface area contributed by atoms with E-state index in [1.54, 1.807) is 0 Å². The maximum Gasteiger partial charge on any atom is 0.328 e. The third-order valence-corrected chi connectivity index (χ3v) is 3.95. The van der Waals surface area contributed by atoms with Gasteiger partial charge in [0.2, 0.25) is 17.7 Å². The molecule has 1 rings (SSSR count). The molecule has 0 aromatic heterocycles. The Bertz CT molecular complexity index is 485. The second kappa shape index (κ2) is 8.79. The van der Waals surface area contributed by atoms with Gasteiger partial charge in [0.25, 0.3) is 0 Å². The fraction of sp³-hybridized carbons (Fsp3) is 0.692. The second-order valence-corrected chi connectivity index (χ2v) is 6.04. The van der Waals surface area contributed by atoms with E-state index in [0.717, 1.165) is 0 Å². The average molecular weight is 346 g/mol. The lowest BCUT2D eigenvalue weighted by Crippen LogP contribution is -2.52. The van der Waals surface area contributed by atoms with Gasteiger partial charge in [0.1, 0.15) is 11.8 Å². The first kappa shape index (κ1) is 19.3. The molecule has 1 saturated heterocycles. The number of ether oxygens (including phenoxy) is 1. The Kier molecular flexibility index (Phi) is 7.38. The Balaban J connectivity index is 2.65. The summed E-state index contributed by atoms with van der Waals surface area (Å²) in [5.74, 6) is -3.18. The number of amides is 3. The van der Waals surface area contributed by atoms with E-state index in [1.165, 1.54) is 14.0 Å². The quantitative estimate of drug-likeness (QED) is 0.306. The Labute approximate surface area is 136 Å². The maximum absolute atomic E-state index is 12.1. The highest BCUT2D eigenvalue weighted by molar-refractivity contribution is 7.19. The van der Waals surface area contributed by atoms with E-state index in [0.29, 0.717) is 13.0 Å². The molecule has 5 N–H and O–H groups in total. The summed E-state index contributed by atoms with van der Waals surface area (Å²) in [6.07, 6.45) is 0.733. The van der Waals surface area contributed by atoms with Crippen LogP contribution in [0.15, 0.2) is 0 Å². The van der Waals surface area contributed by atoms with E-state index >= 15 is 0 Å². The highest BCUT2D eigenvalue weighted by Crippen LogP contribution is 2.17. The molecule has 23 heavy (non-hydrogen) atoms. The summed E-state index contributed by atoms with van der Waals surface area (Å²) >= 11 is 0. The van der Waals surface area contributed by atoms with Gasteiger partial charge in [0.05, 0.1) is 13.2 Å². The van der Waals surface area contributed by atoms with E-state index in [4.69, 9.17) is 5.73 Å². The molecule has 1 aliphatic heterocycles. The van der Waals surface area contributed by atoms with Gasteiger partial charge in [-0.2, -0.15) is 0 Å². The zero-order valence-electron chi connectivity index (χ0n) is 13.1. The Hall–Kier alpha value is -1.73. The standard InChI is InChI=1S/C13H23N4O5P/c1-6(14)9(18)17-12(23)11(20)16-8(13(21)22-2)5-7-3-4-15-10(7)19/h6-8,12H,3-5,14,23H2,1-2H3,(H,15,19)(H,16,20)(H,17,18)/t6-,7-,8-,12-/m0/s1. The van der Waals surface area contributed by atoms with E-state index in [2.05, 4.69) is 29.9 Å². The Morgan fingerprint density at radius 3 is 2.52 bits per heavy atom. The Morgan fingerprint density at radius 2 is 2.04 bits per heavy atom. The van der Waals surface area contributed by atoms with Crippen molar-refractivity contribution in [2.75, 3.05) is 13.7 Å². The summed E-state index contributed by atoms with van der Waals surface area (Å²) in [4.78, 5) is 47.0. The number of hydrogen-bond donors (Lipinski definition) is 4. The van der Waals surface area contributed by atoms with Gasteiger partial charge in [-0.15, -0.1) is 9.24 Å². The fourth-order valence-electron chi connectivity index (χ4n) is 2.12. The van der Waals surface area contributed by atoms with Crippen LogP contribution in [-0.4, -0.2) is 55.2 Å². The molecule has 5 atom stereocenters. The molecule has 3 amide bonds. The van der Waals surface area contributed by atoms with Crippen LogP contribution in [0.4, 0.5) is 0 Å². The van der Waals surface area contributed by atoms with Gasteiger partial charge in [0, 0.05) is 12.5 Å². The van der Waals surface area contributed by atoms with Crippen LogP contribution < -0.4 is 21.7 Å². The summed E-state index contributed by atoms with van der Waals surface area (Å²) in [6.45, 7) is 2.03. The van der Waals surface area contributed by atoms with Crippen molar-refractivity contribution in [1.82, 2.24) is 16.0 Å². The summed E-state index contributed by atoms with van der Waals surface area (Å²) in [6, 6.07) is -1.72. The van der Waals surface area contributed by atoms with E-state index < -0.39 is 35.7 Å². The zero-order valence-corrected chi connectivity index (χ0v) is 14.3. The zero-order chi connectivity index (χ0) is 17.6. The van der Waals surface area contributed by atoms with Crippen LogP contribution >= 0.6 is 9.24 Å². The minimum absolute atomic E-state index is 0.142. The number of esters is 1. The first-order valence-corrected chi connectivity index (χ1v) is 7.90. The molecule has 0 bridgehead atoms. The molecule has 10 heteroatoms. The predicted molar refractivity (Wildman–Crippen MR) is 85.0 cm³/mol. The largest absolute Gasteiger partial charge is 0.467 e. The number of nitrogens with one attached hydrogen (secondary N) is 3. The summed E-state index contributed by atoms with van der Waals surface area (Å²) in [5, 5.41) is 7.56. The van der Waals surface area contributed by atoms with Crippen LogP contribution in [0.25, 0.3) is 0 Å². The number of hydrogen-bond acceptors (Lipinski definition) is 6. The molecular formula is C13H23N4O5P. The van der Waals surface area contributed by atoms with Crippen LogP contribution in [0.5, 0.6) is 0 Å². The number of rotatable bonds is 7. The molecule has 0 spiro atoms. The molecule has 0 aromatic carbocycles. The number of carbonyl (C=O) groups is 4. The van der Waals surface area contributed by atoms with E-state index in [9.17, 15) is 19.2 Å². The fourth-order valence-corrected chi connectivity index (χ4v) is 2.38. The summed E-state index contributed by atoms with van der Waals surface area (Å²) < 4.78 is 4.66. The van der Waals surface area contributed by atoms with Crippen molar-refractivity contribution in [3.8, 4) is 0 Å².